The van der Waals surface area contributed by atoms with Crippen molar-refractivity contribution < 1.29 is 17.7 Å². The highest BCUT2D eigenvalue weighted by molar-refractivity contribution is 7.98. The molecule has 6 N–H and O–H groups in total. The molecule has 2 aromatic rings. The van der Waals surface area contributed by atoms with Crippen LogP contribution in [0, 0.1) is 0 Å². The normalized spacial score (nSPS) is 13.9. The van der Waals surface area contributed by atoms with Crippen LogP contribution in [0.3, 0.4) is 0 Å². The van der Waals surface area contributed by atoms with Crippen LogP contribution in [-0.2, 0) is 5.75 Å². The van der Waals surface area contributed by atoms with Crippen LogP contribution in [0.15, 0.2) is 22.2 Å². The highest BCUT2D eigenvalue weighted by Gasteiger charge is 2.26. The molecule has 0 amide bonds. The van der Waals surface area contributed by atoms with Crippen molar-refractivity contribution in [3.05, 3.63) is 23.6 Å². The number of anilines is 2. The Kier molecular flexibility index (Phi) is 7.37. The maximum absolute atomic E-state index is 12.1. The van der Waals surface area contributed by atoms with Crippen LogP contribution in [0.4, 0.5) is 24.8 Å². The summed E-state index contributed by atoms with van der Waals surface area (Å²) in [6.45, 7) is -0.963. The summed E-state index contributed by atoms with van der Waals surface area (Å²) < 4.78 is 53.5. The molecule has 0 aliphatic rings. The maximum Gasteiger partial charge on any atom is 0.408 e. The highest BCUT2D eigenvalue weighted by Crippen LogP contribution is 2.14. The van der Waals surface area contributed by atoms with E-state index in [1.807, 2.05) is 0 Å². The van der Waals surface area contributed by atoms with Crippen molar-refractivity contribution in [2.24, 2.45) is 15.7 Å². The largest absolute Gasteiger partial charge is 0.548 e. The number of rotatable bonds is 7. The molecule has 2 heterocycles. The first-order valence-electron chi connectivity index (χ1n) is 7.34. The Bertz CT molecular complexity index is 849. The second-order valence-corrected chi connectivity index (χ2v) is 6.90. The predicted octanol–water partition coefficient (Wildman–Crippen LogP) is 0.632. The number of hydrogen-bond donors (Lipinski definition) is 4. The van der Waals surface area contributed by atoms with Crippen LogP contribution in [-0.4, -0.2) is 54.2 Å². The van der Waals surface area contributed by atoms with Crippen molar-refractivity contribution in [1.29, 1.82) is 0 Å². The van der Waals surface area contributed by atoms with Gasteiger partial charge < -0.3 is 21.3 Å². The first-order valence-corrected chi connectivity index (χ1v) is 9.60. The van der Waals surface area contributed by atoms with Gasteiger partial charge in [-0.05, 0) is 6.07 Å². The number of alkyl halides is 3. The number of halogens is 3. The molecule has 148 valence electrons. The summed E-state index contributed by atoms with van der Waals surface area (Å²) in [5, 5.41) is 2.48. The van der Waals surface area contributed by atoms with Gasteiger partial charge in [-0.2, -0.15) is 24.9 Å². The molecule has 1 unspecified atom stereocenters. The highest BCUT2D eigenvalue weighted by atomic mass is 32.2. The van der Waals surface area contributed by atoms with Crippen molar-refractivity contribution in [3.8, 4) is 0 Å². The molecule has 2 rings (SSSR count). The van der Waals surface area contributed by atoms with Gasteiger partial charge in [-0.3, -0.25) is 4.99 Å². The van der Waals surface area contributed by atoms with E-state index in [4.69, 9.17) is 11.5 Å². The number of nitrogens with two attached hydrogens (primary N) is 2. The number of hydrogen-bond acceptors (Lipinski definition) is 8. The van der Waals surface area contributed by atoms with Gasteiger partial charge in [0, 0.05) is 16.3 Å². The average molecular weight is 423 g/mol. The van der Waals surface area contributed by atoms with E-state index in [1.54, 1.807) is 0 Å². The second kappa shape index (κ2) is 9.52. The Labute approximate surface area is 158 Å². The Morgan fingerprint density at radius 1 is 1.44 bits per heavy atom. The average Bonchev–Trinajstić information content (AvgIpc) is 2.90. The molecular formula is C12H16F3N9OS2. The molecule has 0 aliphatic carbocycles. The monoisotopic (exact) mass is 423 g/mol. The standard InChI is InChI=1S/C12H16F3N9OS2/c13-12(14,15)6-20-11(17)22-7-1-2-18-8(21-7)5-26-4-3-19-10-9(16)23-27(25)24-10/h1-2H,3-6H2,(H2,16,23)(H,19,24)(H3,17,18,20,21,22). The third-order valence-electron chi connectivity index (χ3n) is 2.73. The van der Waals surface area contributed by atoms with Crippen molar-refractivity contribution >= 4 is 40.5 Å². The summed E-state index contributed by atoms with van der Waals surface area (Å²) in [5.74, 6) is 1.48. The fourth-order valence-electron chi connectivity index (χ4n) is 1.67. The first kappa shape index (κ1) is 20.9. The summed E-state index contributed by atoms with van der Waals surface area (Å²) in [7, 11) is 0. The number of aromatic amines is 1. The van der Waals surface area contributed by atoms with E-state index in [0.717, 1.165) is 0 Å². The Hall–Kier alpha value is -2.39. The number of nitrogens with zero attached hydrogens (tertiary/aromatic N) is 5. The van der Waals surface area contributed by atoms with Gasteiger partial charge in [0.25, 0.3) is 0 Å². The van der Waals surface area contributed by atoms with Gasteiger partial charge in [-0.1, -0.05) is 0 Å². The van der Waals surface area contributed by atoms with E-state index in [9.17, 15) is 17.7 Å². The molecule has 1 atom stereocenters. The van der Waals surface area contributed by atoms with Crippen LogP contribution in [0.2, 0.25) is 0 Å². The molecule has 2 aromatic heterocycles. The number of nitrogens with one attached hydrogen (secondary N) is 2. The molecule has 0 aliphatic heterocycles. The smallest absolute Gasteiger partial charge is 0.408 e. The van der Waals surface area contributed by atoms with Crippen LogP contribution in [0.25, 0.3) is 0 Å². The van der Waals surface area contributed by atoms with Crippen LogP contribution in [0.5, 0.6) is 0 Å². The fourth-order valence-corrected chi connectivity index (χ4v) is 3.00. The quantitative estimate of drug-likeness (QED) is 0.218. The summed E-state index contributed by atoms with van der Waals surface area (Å²) >= 11 is -0.0897. The number of aliphatic imine (C=N–C) groups is 1. The Balaban J connectivity index is 1.81. The maximum atomic E-state index is 12.1. The number of guanidine groups is 1. The lowest BCUT2D eigenvalue weighted by Gasteiger charge is -2.07. The summed E-state index contributed by atoms with van der Waals surface area (Å²) in [6, 6.07) is 1.46. The van der Waals surface area contributed by atoms with Crippen LogP contribution >= 0.6 is 22.9 Å². The van der Waals surface area contributed by atoms with Crippen molar-refractivity contribution in [2.75, 3.05) is 29.9 Å². The molecule has 0 bridgehead atoms. The van der Waals surface area contributed by atoms with Gasteiger partial charge in [0.05, 0.1) is 12.3 Å². The molecule has 15 heteroatoms. The molecule has 0 spiro atoms. The third-order valence-corrected chi connectivity index (χ3v) is 4.40. The van der Waals surface area contributed by atoms with Gasteiger partial charge in [0.2, 0.25) is 11.3 Å². The van der Waals surface area contributed by atoms with Gasteiger partial charge >= 0.3 is 6.18 Å². The van der Waals surface area contributed by atoms with E-state index >= 15 is 0 Å². The SMILES string of the molecule is NC(=NCC(F)(F)F)Nc1ccnc(CSCCN=c2[nH][s+]([O-])nc2N)n1. The summed E-state index contributed by atoms with van der Waals surface area (Å²) in [5.41, 5.74) is 11.2. The van der Waals surface area contributed by atoms with Gasteiger partial charge in [-0.25, -0.2) is 15.0 Å². The zero-order chi connectivity index (χ0) is 19.9. The molecule has 0 fully saturated rings. The molecule has 27 heavy (non-hydrogen) atoms. The minimum Gasteiger partial charge on any atom is -0.548 e. The number of aromatic nitrogens is 4. The molecule has 0 aromatic carbocycles. The molecular weight excluding hydrogens is 407 g/mol. The molecule has 0 saturated carbocycles. The van der Waals surface area contributed by atoms with Crippen molar-refractivity contribution in [1.82, 2.24) is 18.7 Å². The number of H-pyrrole nitrogens is 1. The van der Waals surface area contributed by atoms with E-state index < -0.39 is 23.9 Å². The second-order valence-electron chi connectivity index (χ2n) is 4.91. The number of nitrogen functional groups attached to an aromatic ring is 1. The zero-order valence-electron chi connectivity index (χ0n) is 13.7. The van der Waals surface area contributed by atoms with Gasteiger partial charge in [-0.15, -0.1) is 4.37 Å². The van der Waals surface area contributed by atoms with Crippen molar-refractivity contribution in [2.45, 2.75) is 11.9 Å². The zero-order valence-corrected chi connectivity index (χ0v) is 15.4. The lowest BCUT2D eigenvalue weighted by molar-refractivity contribution is -0.118. The lowest BCUT2D eigenvalue weighted by atomic mass is 10.5. The number of thioether (sulfide) groups is 1. The van der Waals surface area contributed by atoms with E-state index in [1.165, 1.54) is 24.0 Å². The summed E-state index contributed by atoms with van der Waals surface area (Å²) in [4.78, 5) is 15.5. The Morgan fingerprint density at radius 2 is 2.22 bits per heavy atom. The van der Waals surface area contributed by atoms with Crippen LogP contribution in [0.1, 0.15) is 5.82 Å². The topological polar surface area (TPSA) is 166 Å². The predicted molar refractivity (Wildman–Crippen MR) is 96.4 cm³/mol. The first-order chi connectivity index (χ1) is 12.7. The van der Waals surface area contributed by atoms with Crippen LogP contribution < -0.4 is 22.3 Å². The van der Waals surface area contributed by atoms with Crippen molar-refractivity contribution in [3.63, 3.8) is 0 Å². The lowest BCUT2D eigenvalue weighted by Crippen LogP contribution is -2.26. The Morgan fingerprint density at radius 3 is 2.89 bits per heavy atom. The van der Waals surface area contributed by atoms with E-state index in [-0.39, 0.29) is 17.6 Å². The minimum absolute atomic E-state index is 0.102. The molecule has 10 nitrogen and oxygen atoms in total. The third kappa shape index (κ3) is 7.79. The minimum atomic E-state index is -4.43. The summed E-state index contributed by atoms with van der Waals surface area (Å²) in [6.07, 6.45) is -2.97. The van der Waals surface area contributed by atoms with E-state index in [2.05, 4.69) is 34.0 Å². The van der Waals surface area contributed by atoms with E-state index in [0.29, 0.717) is 29.4 Å². The van der Waals surface area contributed by atoms with Gasteiger partial charge in [0.15, 0.2) is 17.1 Å². The molecule has 0 radical (unpaired) electrons. The fraction of sp³-hybridized carbons (Fsp3) is 0.417. The van der Waals surface area contributed by atoms with Gasteiger partial charge in [0.1, 0.15) is 18.2 Å². The molecule has 0 saturated heterocycles.